The van der Waals surface area contributed by atoms with E-state index in [1.54, 1.807) is 25.1 Å². The number of aryl methyl sites for hydroxylation is 1. The summed E-state index contributed by atoms with van der Waals surface area (Å²) in [5, 5.41) is 2.75. The molecule has 4 heteroatoms. The summed E-state index contributed by atoms with van der Waals surface area (Å²) < 4.78 is 5.39. The third-order valence-corrected chi connectivity index (χ3v) is 2.24. The van der Waals surface area contributed by atoms with Gasteiger partial charge in [0.2, 0.25) is 5.91 Å². The van der Waals surface area contributed by atoms with Gasteiger partial charge in [0.25, 0.3) is 0 Å². The Morgan fingerprint density at radius 2 is 2.35 bits per heavy atom. The van der Waals surface area contributed by atoms with Gasteiger partial charge in [0.05, 0.1) is 6.04 Å². The van der Waals surface area contributed by atoms with E-state index in [4.69, 9.17) is 10.5 Å². The second kappa shape index (κ2) is 6.06. The highest BCUT2D eigenvalue weighted by Crippen LogP contribution is 2.21. The van der Waals surface area contributed by atoms with Crippen LogP contribution in [-0.4, -0.2) is 18.6 Å². The Labute approximate surface area is 101 Å². The van der Waals surface area contributed by atoms with Crippen molar-refractivity contribution in [3.8, 4) is 5.75 Å². The second-order valence-corrected chi connectivity index (χ2v) is 3.85. The van der Waals surface area contributed by atoms with Crippen LogP contribution in [0.15, 0.2) is 30.9 Å². The molecule has 0 aromatic heterocycles. The van der Waals surface area contributed by atoms with Crippen molar-refractivity contribution in [3.05, 3.63) is 36.4 Å². The van der Waals surface area contributed by atoms with Crippen molar-refractivity contribution in [1.82, 2.24) is 0 Å². The highest BCUT2D eigenvalue weighted by molar-refractivity contribution is 5.95. The van der Waals surface area contributed by atoms with E-state index >= 15 is 0 Å². The molecule has 17 heavy (non-hydrogen) atoms. The monoisotopic (exact) mass is 234 g/mol. The number of hydrogen-bond donors (Lipinski definition) is 2. The van der Waals surface area contributed by atoms with Crippen molar-refractivity contribution >= 4 is 11.6 Å². The number of amides is 1. The van der Waals surface area contributed by atoms with E-state index < -0.39 is 6.04 Å². The first kappa shape index (κ1) is 13.3. The molecular weight excluding hydrogens is 216 g/mol. The fourth-order valence-electron chi connectivity index (χ4n) is 1.27. The van der Waals surface area contributed by atoms with Crippen LogP contribution in [0.5, 0.6) is 5.75 Å². The average molecular weight is 234 g/mol. The smallest absolute Gasteiger partial charge is 0.241 e. The Morgan fingerprint density at radius 1 is 1.65 bits per heavy atom. The first-order valence-corrected chi connectivity index (χ1v) is 5.45. The highest BCUT2D eigenvalue weighted by atomic mass is 16.5. The maximum absolute atomic E-state index is 11.4. The summed E-state index contributed by atoms with van der Waals surface area (Å²) in [6.07, 6.45) is 1.68. The van der Waals surface area contributed by atoms with E-state index in [-0.39, 0.29) is 5.91 Å². The quantitative estimate of drug-likeness (QED) is 0.764. The van der Waals surface area contributed by atoms with E-state index in [0.29, 0.717) is 6.61 Å². The molecule has 0 bridgehead atoms. The van der Waals surface area contributed by atoms with Gasteiger partial charge in [-0.05, 0) is 37.6 Å². The van der Waals surface area contributed by atoms with Crippen LogP contribution in [0.1, 0.15) is 12.5 Å². The molecule has 3 N–H and O–H groups in total. The standard InChI is InChI=1S/C13H18N2O2/c1-4-7-17-11-5-6-12(9(2)8-11)15-13(16)10(3)14/h4-6,8,10H,1,7,14H2,2-3H3,(H,15,16). The summed E-state index contributed by atoms with van der Waals surface area (Å²) in [5.74, 6) is 0.550. The molecule has 4 nitrogen and oxygen atoms in total. The average Bonchev–Trinajstić information content (AvgIpc) is 2.29. The number of carbonyl (C=O) groups is 1. The molecule has 0 saturated heterocycles. The molecule has 1 amide bonds. The minimum absolute atomic E-state index is 0.201. The van der Waals surface area contributed by atoms with Crippen molar-refractivity contribution in [3.63, 3.8) is 0 Å². The predicted octanol–water partition coefficient (Wildman–Crippen LogP) is 1.85. The van der Waals surface area contributed by atoms with Crippen LogP contribution >= 0.6 is 0 Å². The molecule has 0 heterocycles. The molecule has 0 radical (unpaired) electrons. The largest absolute Gasteiger partial charge is 0.490 e. The van der Waals surface area contributed by atoms with E-state index in [2.05, 4.69) is 11.9 Å². The lowest BCUT2D eigenvalue weighted by atomic mass is 10.2. The fraction of sp³-hybridized carbons (Fsp3) is 0.308. The summed E-state index contributed by atoms with van der Waals surface area (Å²) in [6, 6.07) is 4.94. The molecule has 1 rings (SSSR count). The SMILES string of the molecule is C=CCOc1ccc(NC(=O)C(C)N)c(C)c1. The second-order valence-electron chi connectivity index (χ2n) is 3.85. The number of anilines is 1. The van der Waals surface area contributed by atoms with Gasteiger partial charge in [-0.1, -0.05) is 12.7 Å². The van der Waals surface area contributed by atoms with Crippen molar-refractivity contribution in [2.75, 3.05) is 11.9 Å². The minimum Gasteiger partial charge on any atom is -0.490 e. The van der Waals surface area contributed by atoms with Crippen LogP contribution < -0.4 is 15.8 Å². The van der Waals surface area contributed by atoms with Gasteiger partial charge in [0.1, 0.15) is 12.4 Å². The summed E-state index contributed by atoms with van der Waals surface area (Å²) in [7, 11) is 0. The molecule has 92 valence electrons. The fourth-order valence-corrected chi connectivity index (χ4v) is 1.27. The topological polar surface area (TPSA) is 64.3 Å². The zero-order valence-corrected chi connectivity index (χ0v) is 10.2. The Bertz CT molecular complexity index is 414. The van der Waals surface area contributed by atoms with E-state index in [1.807, 2.05) is 13.0 Å². The van der Waals surface area contributed by atoms with Gasteiger partial charge < -0.3 is 15.8 Å². The molecule has 1 atom stereocenters. The van der Waals surface area contributed by atoms with Crippen LogP contribution in [0.2, 0.25) is 0 Å². The van der Waals surface area contributed by atoms with E-state index in [0.717, 1.165) is 17.0 Å². The van der Waals surface area contributed by atoms with E-state index in [1.165, 1.54) is 0 Å². The van der Waals surface area contributed by atoms with Crippen molar-refractivity contribution in [2.24, 2.45) is 5.73 Å². The lowest BCUT2D eigenvalue weighted by molar-refractivity contribution is -0.117. The Hall–Kier alpha value is -1.81. The van der Waals surface area contributed by atoms with Crippen LogP contribution in [-0.2, 0) is 4.79 Å². The van der Waals surface area contributed by atoms with Crippen molar-refractivity contribution < 1.29 is 9.53 Å². The van der Waals surface area contributed by atoms with Crippen LogP contribution in [0.25, 0.3) is 0 Å². The van der Waals surface area contributed by atoms with Gasteiger partial charge in [0.15, 0.2) is 0 Å². The van der Waals surface area contributed by atoms with Gasteiger partial charge in [-0.3, -0.25) is 4.79 Å². The highest BCUT2D eigenvalue weighted by Gasteiger charge is 2.09. The van der Waals surface area contributed by atoms with Gasteiger partial charge in [0, 0.05) is 5.69 Å². The molecule has 0 spiro atoms. The maximum Gasteiger partial charge on any atom is 0.241 e. The Morgan fingerprint density at radius 3 is 2.88 bits per heavy atom. The lowest BCUT2D eigenvalue weighted by Crippen LogP contribution is -2.32. The number of nitrogens with two attached hydrogens (primary N) is 1. The van der Waals surface area contributed by atoms with Gasteiger partial charge in [-0.15, -0.1) is 0 Å². The molecular formula is C13H18N2O2. The molecule has 1 unspecified atom stereocenters. The predicted molar refractivity (Wildman–Crippen MR) is 69.2 cm³/mol. The molecule has 0 aliphatic rings. The summed E-state index contributed by atoms with van der Waals surface area (Å²) in [5.41, 5.74) is 7.16. The number of carbonyl (C=O) groups excluding carboxylic acids is 1. The number of ether oxygens (including phenoxy) is 1. The minimum atomic E-state index is -0.522. The number of nitrogens with one attached hydrogen (secondary N) is 1. The van der Waals surface area contributed by atoms with Gasteiger partial charge in [-0.2, -0.15) is 0 Å². The first-order valence-electron chi connectivity index (χ1n) is 5.45. The third-order valence-electron chi connectivity index (χ3n) is 2.24. The zero-order valence-electron chi connectivity index (χ0n) is 10.2. The number of hydrogen-bond acceptors (Lipinski definition) is 3. The number of rotatable bonds is 5. The van der Waals surface area contributed by atoms with E-state index in [9.17, 15) is 4.79 Å². The zero-order chi connectivity index (χ0) is 12.8. The summed E-state index contributed by atoms with van der Waals surface area (Å²) >= 11 is 0. The lowest BCUT2D eigenvalue weighted by Gasteiger charge is -2.12. The number of benzene rings is 1. The van der Waals surface area contributed by atoms with Crippen LogP contribution in [0.4, 0.5) is 5.69 Å². The molecule has 0 saturated carbocycles. The molecule has 0 aliphatic carbocycles. The van der Waals surface area contributed by atoms with Gasteiger partial charge >= 0.3 is 0 Å². The molecule has 0 aliphatic heterocycles. The Balaban J connectivity index is 2.75. The molecule has 0 fully saturated rings. The normalized spacial score (nSPS) is 11.7. The maximum atomic E-state index is 11.4. The third kappa shape index (κ3) is 3.92. The van der Waals surface area contributed by atoms with Crippen molar-refractivity contribution in [1.29, 1.82) is 0 Å². The van der Waals surface area contributed by atoms with Gasteiger partial charge in [-0.25, -0.2) is 0 Å². The van der Waals surface area contributed by atoms with Crippen LogP contribution in [0, 0.1) is 6.92 Å². The Kier molecular flexibility index (Phi) is 4.72. The first-order chi connectivity index (χ1) is 8.04. The van der Waals surface area contributed by atoms with Crippen LogP contribution in [0.3, 0.4) is 0 Å². The van der Waals surface area contributed by atoms with Crippen molar-refractivity contribution in [2.45, 2.75) is 19.9 Å². The molecule has 1 aromatic rings. The molecule has 1 aromatic carbocycles. The summed E-state index contributed by atoms with van der Waals surface area (Å²) in [4.78, 5) is 11.4. The summed E-state index contributed by atoms with van der Waals surface area (Å²) in [6.45, 7) is 7.59.